The molecule has 0 saturated carbocycles. The van der Waals surface area contributed by atoms with Crippen LogP contribution in [0.15, 0.2) is 54.4 Å². The number of benzene rings is 1. The lowest BCUT2D eigenvalue weighted by Gasteiger charge is -2.23. The van der Waals surface area contributed by atoms with Crippen LogP contribution >= 0.6 is 11.3 Å². The van der Waals surface area contributed by atoms with Crippen LogP contribution in [0.1, 0.15) is 32.5 Å². The summed E-state index contributed by atoms with van der Waals surface area (Å²) >= 11 is 0.935. The Kier molecular flexibility index (Phi) is 5.93. The van der Waals surface area contributed by atoms with E-state index in [9.17, 15) is 19.5 Å². The SMILES string of the molecule is COC(=O)c1sc(N2C(=O)C(=O)C(=C(O)c3ccncc3)C2c2cccc(OC)c2)nc1C. The van der Waals surface area contributed by atoms with Gasteiger partial charge in [-0.2, -0.15) is 0 Å². The van der Waals surface area contributed by atoms with Crippen LogP contribution < -0.4 is 9.64 Å². The van der Waals surface area contributed by atoms with Gasteiger partial charge in [-0.25, -0.2) is 9.78 Å². The van der Waals surface area contributed by atoms with Crippen LogP contribution in [0.2, 0.25) is 0 Å². The van der Waals surface area contributed by atoms with Crippen molar-refractivity contribution < 1.29 is 29.0 Å². The number of aliphatic hydroxyl groups excluding tert-OH is 1. The molecule has 33 heavy (non-hydrogen) atoms. The lowest BCUT2D eigenvalue weighted by Crippen LogP contribution is -2.29. The van der Waals surface area contributed by atoms with Crippen molar-refractivity contribution in [2.24, 2.45) is 0 Å². The largest absolute Gasteiger partial charge is 0.507 e. The number of ketones is 1. The Morgan fingerprint density at radius 1 is 1.15 bits per heavy atom. The number of aromatic nitrogens is 2. The first-order valence-corrected chi connectivity index (χ1v) is 10.6. The first-order valence-electron chi connectivity index (χ1n) is 9.78. The number of carbonyl (C=O) groups is 3. The quantitative estimate of drug-likeness (QED) is 0.264. The van der Waals surface area contributed by atoms with Crippen LogP contribution in [0.3, 0.4) is 0 Å². The fourth-order valence-electron chi connectivity index (χ4n) is 3.59. The van der Waals surface area contributed by atoms with Crippen molar-refractivity contribution in [3.8, 4) is 5.75 Å². The normalized spacial score (nSPS) is 17.3. The molecule has 1 amide bonds. The van der Waals surface area contributed by atoms with E-state index in [4.69, 9.17) is 9.47 Å². The van der Waals surface area contributed by atoms with E-state index in [1.54, 1.807) is 31.2 Å². The van der Waals surface area contributed by atoms with Gasteiger partial charge >= 0.3 is 11.9 Å². The van der Waals surface area contributed by atoms with Gasteiger partial charge in [-0.1, -0.05) is 23.5 Å². The number of amides is 1. The molecule has 1 saturated heterocycles. The number of hydrogen-bond donors (Lipinski definition) is 1. The number of aliphatic hydroxyl groups is 1. The van der Waals surface area contributed by atoms with Crippen molar-refractivity contribution in [3.05, 3.63) is 76.1 Å². The number of aryl methyl sites for hydroxylation is 1. The smallest absolute Gasteiger partial charge is 0.350 e. The van der Waals surface area contributed by atoms with Crippen LogP contribution in [0.25, 0.3) is 5.76 Å². The predicted octanol–water partition coefficient (Wildman–Crippen LogP) is 3.27. The zero-order valence-electron chi connectivity index (χ0n) is 17.9. The number of pyridine rings is 1. The van der Waals surface area contributed by atoms with Crippen LogP contribution in [0.5, 0.6) is 5.75 Å². The van der Waals surface area contributed by atoms with Gasteiger partial charge in [0.2, 0.25) is 0 Å². The number of carbonyl (C=O) groups excluding carboxylic acids is 3. The summed E-state index contributed by atoms with van der Waals surface area (Å²) in [4.78, 5) is 48.1. The topological polar surface area (TPSA) is 119 Å². The zero-order chi connectivity index (χ0) is 23.7. The number of anilines is 1. The Morgan fingerprint density at radius 3 is 2.55 bits per heavy atom. The highest BCUT2D eigenvalue weighted by atomic mass is 32.1. The second-order valence-electron chi connectivity index (χ2n) is 7.08. The molecule has 168 valence electrons. The van der Waals surface area contributed by atoms with E-state index in [0.29, 0.717) is 22.6 Å². The molecule has 9 nitrogen and oxygen atoms in total. The van der Waals surface area contributed by atoms with Gasteiger partial charge in [0.1, 0.15) is 16.4 Å². The fraction of sp³-hybridized carbons (Fsp3) is 0.174. The molecule has 1 N–H and O–H groups in total. The van der Waals surface area contributed by atoms with Gasteiger partial charge in [0.05, 0.1) is 31.5 Å². The van der Waals surface area contributed by atoms with Crippen molar-refractivity contribution in [1.82, 2.24) is 9.97 Å². The van der Waals surface area contributed by atoms with Crippen molar-refractivity contribution in [3.63, 3.8) is 0 Å². The fourth-order valence-corrected chi connectivity index (χ4v) is 4.60. The maximum atomic E-state index is 13.2. The molecular weight excluding hydrogens is 446 g/mol. The lowest BCUT2D eigenvalue weighted by atomic mass is 9.95. The first kappa shape index (κ1) is 22.2. The van der Waals surface area contributed by atoms with E-state index in [-0.39, 0.29) is 21.3 Å². The molecule has 0 radical (unpaired) electrons. The van der Waals surface area contributed by atoms with Gasteiger partial charge in [0.15, 0.2) is 5.13 Å². The second-order valence-corrected chi connectivity index (χ2v) is 8.06. The Bertz CT molecular complexity index is 1280. The molecule has 2 aromatic heterocycles. The lowest BCUT2D eigenvalue weighted by molar-refractivity contribution is -0.132. The molecule has 1 atom stereocenters. The van der Waals surface area contributed by atoms with Gasteiger partial charge in [0, 0.05) is 18.0 Å². The number of methoxy groups -OCH3 is 2. The Balaban J connectivity index is 1.95. The highest BCUT2D eigenvalue weighted by Gasteiger charge is 2.48. The number of thiazole rings is 1. The van der Waals surface area contributed by atoms with Gasteiger partial charge in [0.25, 0.3) is 5.78 Å². The van der Waals surface area contributed by atoms with E-state index in [1.807, 2.05) is 0 Å². The van der Waals surface area contributed by atoms with E-state index in [0.717, 1.165) is 11.3 Å². The van der Waals surface area contributed by atoms with Crippen molar-refractivity contribution in [1.29, 1.82) is 0 Å². The first-order chi connectivity index (χ1) is 15.9. The summed E-state index contributed by atoms with van der Waals surface area (Å²) in [6.45, 7) is 1.61. The van der Waals surface area contributed by atoms with Crippen LogP contribution in [0, 0.1) is 6.92 Å². The van der Waals surface area contributed by atoms with Crippen LogP contribution in [-0.2, 0) is 14.3 Å². The molecule has 0 aliphatic carbocycles. The van der Waals surface area contributed by atoms with Crippen LogP contribution in [-0.4, -0.2) is 47.0 Å². The summed E-state index contributed by atoms with van der Waals surface area (Å²) in [5.74, 6) is -2.17. The minimum Gasteiger partial charge on any atom is -0.507 e. The third-order valence-corrected chi connectivity index (χ3v) is 6.31. The van der Waals surface area contributed by atoms with Gasteiger partial charge in [-0.15, -0.1) is 0 Å². The molecule has 0 spiro atoms. The Hall–Kier alpha value is -4.05. The molecule has 3 aromatic rings. The van der Waals surface area contributed by atoms with Gasteiger partial charge in [-0.3, -0.25) is 19.5 Å². The summed E-state index contributed by atoms with van der Waals surface area (Å²) in [5, 5.41) is 11.2. The molecule has 1 fully saturated rings. The van der Waals surface area contributed by atoms with Gasteiger partial charge < -0.3 is 14.6 Å². The number of hydrogen-bond acceptors (Lipinski definition) is 9. The average Bonchev–Trinajstić information content (AvgIpc) is 3.35. The number of rotatable bonds is 5. The van der Waals surface area contributed by atoms with Crippen LogP contribution in [0.4, 0.5) is 5.13 Å². The van der Waals surface area contributed by atoms with Gasteiger partial charge in [-0.05, 0) is 36.8 Å². The molecule has 3 heterocycles. The number of esters is 1. The maximum Gasteiger partial charge on any atom is 0.350 e. The minimum absolute atomic E-state index is 0.105. The third kappa shape index (κ3) is 3.85. The Labute approximate surface area is 192 Å². The molecular formula is C23H19N3O6S. The summed E-state index contributed by atoms with van der Waals surface area (Å²) in [7, 11) is 2.75. The monoisotopic (exact) mass is 465 g/mol. The molecule has 0 bridgehead atoms. The molecule has 4 rings (SSSR count). The molecule has 1 aromatic carbocycles. The standard InChI is InChI=1S/C23H19N3O6S/c1-12-20(22(30)32-3)33-23(25-12)26-17(14-5-4-6-15(11-14)31-2)16(19(28)21(26)29)18(27)13-7-9-24-10-8-13/h4-11,17,27H,1-3H3. The summed E-state index contributed by atoms with van der Waals surface area (Å²) in [6, 6.07) is 8.90. The van der Waals surface area contributed by atoms with Crippen molar-refractivity contribution >= 4 is 39.9 Å². The molecule has 1 unspecified atom stereocenters. The third-order valence-electron chi connectivity index (χ3n) is 5.17. The van der Waals surface area contributed by atoms with Crippen molar-refractivity contribution in [2.45, 2.75) is 13.0 Å². The summed E-state index contributed by atoms with van der Waals surface area (Å²) in [6.07, 6.45) is 2.94. The average molecular weight is 465 g/mol. The molecule has 1 aliphatic heterocycles. The molecule has 1 aliphatic rings. The highest BCUT2D eigenvalue weighted by molar-refractivity contribution is 7.17. The second kappa shape index (κ2) is 8.83. The van der Waals surface area contributed by atoms with Crippen molar-refractivity contribution in [2.75, 3.05) is 19.1 Å². The van der Waals surface area contributed by atoms with E-state index >= 15 is 0 Å². The number of Topliss-reactive ketones (excluding diaryl/α,β-unsaturated/α-hetero) is 1. The summed E-state index contributed by atoms with van der Waals surface area (Å²) < 4.78 is 10.1. The predicted molar refractivity (Wildman–Crippen MR) is 120 cm³/mol. The minimum atomic E-state index is -0.996. The van der Waals surface area contributed by atoms with E-state index < -0.39 is 23.7 Å². The highest BCUT2D eigenvalue weighted by Crippen LogP contribution is 2.44. The van der Waals surface area contributed by atoms with E-state index in [2.05, 4.69) is 9.97 Å². The Morgan fingerprint density at radius 2 is 1.88 bits per heavy atom. The summed E-state index contributed by atoms with van der Waals surface area (Å²) in [5.41, 5.74) is 1.12. The zero-order valence-corrected chi connectivity index (χ0v) is 18.8. The van der Waals surface area contributed by atoms with E-state index in [1.165, 1.54) is 43.6 Å². The molecule has 10 heteroatoms. The maximum absolute atomic E-state index is 13.2. The number of nitrogens with zero attached hydrogens (tertiary/aromatic N) is 3. The number of ether oxygens (including phenoxy) is 2.